The second-order valence-corrected chi connectivity index (χ2v) is 8.44. The fourth-order valence-electron chi connectivity index (χ4n) is 2.36. The van der Waals surface area contributed by atoms with Crippen LogP contribution in [0.25, 0.3) is 0 Å². The van der Waals surface area contributed by atoms with Crippen LogP contribution in [0.1, 0.15) is 16.7 Å². The molecule has 0 aliphatic heterocycles. The Morgan fingerprint density at radius 1 is 1.17 bits per heavy atom. The van der Waals surface area contributed by atoms with Gasteiger partial charge in [-0.3, -0.25) is 15.5 Å². The van der Waals surface area contributed by atoms with Crippen LogP contribution in [0.5, 0.6) is 5.75 Å². The van der Waals surface area contributed by atoms with Crippen LogP contribution in [0.2, 0.25) is 0 Å². The molecular weight excluding hydrogens is 598 g/mol. The molecule has 29 heavy (non-hydrogen) atoms. The van der Waals surface area contributed by atoms with Crippen molar-refractivity contribution in [2.24, 2.45) is 5.10 Å². The van der Waals surface area contributed by atoms with E-state index in [1.165, 1.54) is 23.9 Å². The second-order valence-electron chi connectivity index (χ2n) is 6.12. The summed E-state index contributed by atoms with van der Waals surface area (Å²) in [7, 11) is 0. The van der Waals surface area contributed by atoms with E-state index in [1.807, 2.05) is 12.1 Å². The number of nitrogens with zero attached hydrogens (tertiary/aromatic N) is 3. The number of ether oxygens (including phenoxy) is 1. The zero-order valence-corrected chi connectivity index (χ0v) is 19.6. The molecule has 1 aromatic heterocycles. The van der Waals surface area contributed by atoms with Gasteiger partial charge in [0.1, 0.15) is 24.4 Å². The SMILES string of the molecule is Cc1ccc(COc2c(I)cc(/C=N/Nc3ccc([N+](=O)[O-])cn3)cc2I)cc1. The molecule has 0 unspecified atom stereocenters. The molecule has 0 saturated carbocycles. The summed E-state index contributed by atoms with van der Waals surface area (Å²) in [6.07, 6.45) is 2.85. The maximum atomic E-state index is 10.6. The van der Waals surface area contributed by atoms with Crippen LogP contribution in [0.4, 0.5) is 11.5 Å². The Labute approximate surface area is 195 Å². The van der Waals surface area contributed by atoms with Gasteiger partial charge < -0.3 is 4.74 Å². The van der Waals surface area contributed by atoms with Crippen LogP contribution in [-0.2, 0) is 6.61 Å². The third-order valence-electron chi connectivity index (χ3n) is 3.88. The Bertz CT molecular complexity index is 1020. The highest BCUT2D eigenvalue weighted by Crippen LogP contribution is 2.29. The van der Waals surface area contributed by atoms with Crippen LogP contribution in [0, 0.1) is 24.2 Å². The van der Waals surface area contributed by atoms with Crippen LogP contribution in [-0.4, -0.2) is 16.1 Å². The molecule has 148 valence electrons. The van der Waals surface area contributed by atoms with Gasteiger partial charge in [-0.25, -0.2) is 4.98 Å². The minimum atomic E-state index is -0.494. The molecule has 0 amide bonds. The number of aryl methyl sites for hydroxylation is 1. The maximum Gasteiger partial charge on any atom is 0.287 e. The first-order valence-electron chi connectivity index (χ1n) is 8.49. The lowest BCUT2D eigenvalue weighted by Gasteiger charge is -2.11. The summed E-state index contributed by atoms with van der Waals surface area (Å²) < 4.78 is 7.98. The van der Waals surface area contributed by atoms with Gasteiger partial charge in [-0.1, -0.05) is 29.8 Å². The molecule has 3 aromatic rings. The number of benzene rings is 2. The number of nitrogens with one attached hydrogen (secondary N) is 1. The summed E-state index contributed by atoms with van der Waals surface area (Å²) in [5.41, 5.74) is 5.94. The molecule has 1 heterocycles. The Balaban J connectivity index is 1.64. The van der Waals surface area contributed by atoms with Gasteiger partial charge in [0.25, 0.3) is 5.69 Å². The first kappa shape index (κ1) is 21.4. The molecule has 0 bridgehead atoms. The number of aromatic nitrogens is 1. The zero-order chi connectivity index (χ0) is 20.8. The topological polar surface area (TPSA) is 89.6 Å². The number of hydrazone groups is 1. The predicted molar refractivity (Wildman–Crippen MR) is 129 cm³/mol. The largest absolute Gasteiger partial charge is 0.487 e. The highest BCUT2D eigenvalue weighted by atomic mass is 127. The lowest BCUT2D eigenvalue weighted by molar-refractivity contribution is -0.385. The van der Waals surface area contributed by atoms with Crippen LogP contribution in [0.3, 0.4) is 0 Å². The van der Waals surface area contributed by atoms with Crippen molar-refractivity contribution < 1.29 is 9.66 Å². The lowest BCUT2D eigenvalue weighted by Crippen LogP contribution is -2.00. The van der Waals surface area contributed by atoms with Crippen LogP contribution < -0.4 is 10.2 Å². The summed E-state index contributed by atoms with van der Waals surface area (Å²) in [6.45, 7) is 2.57. The number of anilines is 1. The highest BCUT2D eigenvalue weighted by Gasteiger charge is 2.09. The molecule has 3 rings (SSSR count). The Morgan fingerprint density at radius 2 is 1.86 bits per heavy atom. The number of rotatable bonds is 7. The average molecular weight is 614 g/mol. The van der Waals surface area contributed by atoms with E-state index in [1.54, 1.807) is 6.21 Å². The third-order valence-corrected chi connectivity index (χ3v) is 5.48. The molecule has 1 N–H and O–H groups in total. The fourth-order valence-corrected chi connectivity index (χ4v) is 4.49. The van der Waals surface area contributed by atoms with Crippen molar-refractivity contribution in [1.82, 2.24) is 4.98 Å². The van der Waals surface area contributed by atoms with Crippen molar-refractivity contribution in [3.05, 3.63) is 88.7 Å². The van der Waals surface area contributed by atoms with E-state index in [9.17, 15) is 10.1 Å². The summed E-state index contributed by atoms with van der Waals surface area (Å²) in [4.78, 5) is 14.1. The normalized spacial score (nSPS) is 10.9. The Hall–Kier alpha value is -2.28. The van der Waals surface area contributed by atoms with Crippen molar-refractivity contribution in [2.45, 2.75) is 13.5 Å². The third kappa shape index (κ3) is 6.10. The van der Waals surface area contributed by atoms with E-state index in [0.29, 0.717) is 12.4 Å². The van der Waals surface area contributed by atoms with Gasteiger partial charge in [0, 0.05) is 6.07 Å². The smallest absolute Gasteiger partial charge is 0.287 e. The van der Waals surface area contributed by atoms with Crippen molar-refractivity contribution in [2.75, 3.05) is 5.43 Å². The zero-order valence-electron chi connectivity index (χ0n) is 15.3. The van der Waals surface area contributed by atoms with Gasteiger partial charge in [-0.2, -0.15) is 5.10 Å². The molecule has 0 fully saturated rings. The van der Waals surface area contributed by atoms with Crippen LogP contribution in [0.15, 0.2) is 59.8 Å². The average Bonchev–Trinajstić information content (AvgIpc) is 2.69. The predicted octanol–water partition coefficient (Wildman–Crippen LogP) is 5.53. The summed E-state index contributed by atoms with van der Waals surface area (Å²) in [6, 6.07) is 15.1. The number of nitro groups is 1. The number of halogens is 2. The number of hydrogen-bond donors (Lipinski definition) is 1. The minimum Gasteiger partial charge on any atom is -0.487 e. The molecule has 0 aliphatic rings. The monoisotopic (exact) mass is 614 g/mol. The highest BCUT2D eigenvalue weighted by molar-refractivity contribution is 14.1. The minimum absolute atomic E-state index is 0.0649. The Morgan fingerprint density at radius 3 is 2.45 bits per heavy atom. The molecule has 7 nitrogen and oxygen atoms in total. The standard InChI is InChI=1S/C20H16I2N4O3/c1-13-2-4-14(5-3-13)12-29-20-17(21)8-15(9-18(20)22)10-24-25-19-7-6-16(11-23-19)26(27)28/h2-11H,12H2,1H3,(H,23,25)/b24-10+. The van der Waals surface area contributed by atoms with Crippen molar-refractivity contribution in [3.63, 3.8) is 0 Å². The van der Waals surface area contributed by atoms with E-state index in [-0.39, 0.29) is 5.69 Å². The summed E-state index contributed by atoms with van der Waals surface area (Å²) >= 11 is 4.49. The Kier molecular flexibility index (Phi) is 7.36. The maximum absolute atomic E-state index is 10.6. The van der Waals surface area contributed by atoms with Gasteiger partial charge in [-0.15, -0.1) is 0 Å². The summed E-state index contributed by atoms with van der Waals surface area (Å²) in [5.74, 6) is 1.27. The lowest BCUT2D eigenvalue weighted by atomic mass is 10.2. The second kappa shape index (κ2) is 9.96. The van der Waals surface area contributed by atoms with Crippen molar-refractivity contribution >= 4 is 62.9 Å². The fraction of sp³-hybridized carbons (Fsp3) is 0.100. The van der Waals surface area contributed by atoms with Crippen molar-refractivity contribution in [3.8, 4) is 5.75 Å². The number of pyridine rings is 1. The first-order chi connectivity index (χ1) is 13.9. The van der Waals surface area contributed by atoms with Gasteiger partial charge in [-0.05, 0) is 81.4 Å². The summed E-state index contributed by atoms with van der Waals surface area (Å²) in [5, 5.41) is 14.8. The molecule has 0 radical (unpaired) electrons. The number of hydrogen-bond acceptors (Lipinski definition) is 6. The molecule has 2 aromatic carbocycles. The molecule has 0 atom stereocenters. The van der Waals surface area contributed by atoms with Gasteiger partial charge in [0.15, 0.2) is 0 Å². The van der Waals surface area contributed by atoms with E-state index >= 15 is 0 Å². The first-order valence-corrected chi connectivity index (χ1v) is 10.6. The van der Waals surface area contributed by atoms with E-state index in [2.05, 4.69) is 91.9 Å². The molecular formula is C20H16I2N4O3. The van der Waals surface area contributed by atoms with E-state index in [4.69, 9.17) is 4.74 Å². The molecule has 9 heteroatoms. The molecule has 0 aliphatic carbocycles. The quantitative estimate of drug-likeness (QED) is 0.164. The van der Waals surface area contributed by atoms with E-state index < -0.39 is 4.92 Å². The molecule has 0 spiro atoms. The van der Waals surface area contributed by atoms with Crippen LogP contribution >= 0.6 is 45.2 Å². The molecule has 0 saturated heterocycles. The van der Waals surface area contributed by atoms with Gasteiger partial charge in [0.2, 0.25) is 0 Å². The van der Waals surface area contributed by atoms with Gasteiger partial charge in [0.05, 0.1) is 18.3 Å². The van der Waals surface area contributed by atoms with E-state index in [0.717, 1.165) is 24.0 Å². The van der Waals surface area contributed by atoms with Crippen molar-refractivity contribution in [1.29, 1.82) is 0 Å². The van der Waals surface area contributed by atoms with Gasteiger partial charge >= 0.3 is 0 Å².